The molecule has 1 aromatic heterocycles. The Balaban J connectivity index is 2.38. The van der Waals surface area contributed by atoms with E-state index in [0.29, 0.717) is 22.7 Å². The number of nitrogens with two attached hydrogens (primary N) is 1. The van der Waals surface area contributed by atoms with Crippen molar-refractivity contribution in [1.82, 2.24) is 9.78 Å². The molecule has 1 heterocycles. The lowest BCUT2D eigenvalue weighted by Crippen LogP contribution is -2.14. The normalized spacial score (nSPS) is 11.9. The summed E-state index contributed by atoms with van der Waals surface area (Å²) >= 11 is 6.07. The van der Waals surface area contributed by atoms with Crippen LogP contribution in [0.4, 0.5) is 4.39 Å². The predicted octanol–water partition coefficient (Wildman–Crippen LogP) is 2.44. The summed E-state index contributed by atoms with van der Waals surface area (Å²) in [5.41, 5.74) is 7.96. The molecular weight excluding hydrogens is 283 g/mol. The maximum atomic E-state index is 13.6. The quantitative estimate of drug-likeness (QED) is 0.395. The monoisotopic (exact) mass is 296 g/mol. The topological polar surface area (TPSA) is 76.4 Å². The van der Waals surface area contributed by atoms with Gasteiger partial charge in [-0.1, -0.05) is 16.8 Å². The number of benzene rings is 1. The van der Waals surface area contributed by atoms with E-state index in [1.807, 2.05) is 6.92 Å². The Morgan fingerprint density at radius 3 is 2.70 bits per heavy atom. The van der Waals surface area contributed by atoms with Crippen molar-refractivity contribution in [2.75, 3.05) is 0 Å². The lowest BCUT2D eigenvalue weighted by molar-refractivity contribution is 0.318. The first-order chi connectivity index (χ1) is 9.42. The summed E-state index contributed by atoms with van der Waals surface area (Å²) in [6.07, 6.45) is 0. The van der Waals surface area contributed by atoms with Crippen molar-refractivity contribution in [3.05, 3.63) is 51.6 Å². The smallest absolute Gasteiger partial charge is 0.170 e. The molecule has 2 rings (SSSR count). The average Bonchev–Trinajstić information content (AvgIpc) is 2.65. The molecule has 0 radical (unpaired) electrons. The second-order valence-corrected chi connectivity index (χ2v) is 4.85. The number of aromatic nitrogens is 2. The van der Waals surface area contributed by atoms with E-state index < -0.39 is 5.82 Å². The van der Waals surface area contributed by atoms with Crippen LogP contribution in [-0.2, 0) is 6.54 Å². The van der Waals surface area contributed by atoms with E-state index in [1.54, 1.807) is 17.7 Å². The first kappa shape index (κ1) is 14.3. The van der Waals surface area contributed by atoms with Crippen molar-refractivity contribution in [2.45, 2.75) is 20.4 Å². The molecule has 0 bridgehead atoms. The minimum absolute atomic E-state index is 0.142. The van der Waals surface area contributed by atoms with Gasteiger partial charge in [0.15, 0.2) is 5.84 Å². The standard InChI is InChI=1S/C13H14ClFN4O/c1-7-12(14)8(2)19(17-7)6-9-3-10(13(16)18-20)5-11(15)4-9/h3-5,20H,6H2,1-2H3,(H2,16,18). The Kier molecular flexibility index (Phi) is 3.94. The Bertz CT molecular complexity index is 681. The molecule has 0 amide bonds. The van der Waals surface area contributed by atoms with Crippen LogP contribution in [-0.4, -0.2) is 20.8 Å². The van der Waals surface area contributed by atoms with Gasteiger partial charge in [-0.25, -0.2) is 4.39 Å². The van der Waals surface area contributed by atoms with Gasteiger partial charge in [0.25, 0.3) is 0 Å². The third kappa shape index (κ3) is 2.75. The van der Waals surface area contributed by atoms with Crippen LogP contribution in [0.15, 0.2) is 23.4 Å². The van der Waals surface area contributed by atoms with Gasteiger partial charge in [-0.2, -0.15) is 5.10 Å². The number of nitrogens with zero attached hydrogens (tertiary/aromatic N) is 3. The number of hydrogen-bond acceptors (Lipinski definition) is 3. The second-order valence-electron chi connectivity index (χ2n) is 4.48. The molecule has 0 spiro atoms. The lowest BCUT2D eigenvalue weighted by Gasteiger charge is -2.07. The average molecular weight is 297 g/mol. The summed E-state index contributed by atoms with van der Waals surface area (Å²) in [5, 5.41) is 16.4. The highest BCUT2D eigenvalue weighted by Gasteiger charge is 2.11. The van der Waals surface area contributed by atoms with Gasteiger partial charge < -0.3 is 10.9 Å². The Morgan fingerprint density at radius 1 is 1.45 bits per heavy atom. The number of aryl methyl sites for hydroxylation is 1. The van der Waals surface area contributed by atoms with Crippen LogP contribution in [0.3, 0.4) is 0 Å². The van der Waals surface area contributed by atoms with Crippen LogP contribution in [0.25, 0.3) is 0 Å². The van der Waals surface area contributed by atoms with Crippen molar-refractivity contribution in [3.63, 3.8) is 0 Å². The zero-order valence-electron chi connectivity index (χ0n) is 11.1. The Hall–Kier alpha value is -2.08. The highest BCUT2D eigenvalue weighted by Crippen LogP contribution is 2.20. The summed E-state index contributed by atoms with van der Waals surface area (Å²) in [6.45, 7) is 3.99. The molecule has 1 aromatic carbocycles. The Morgan fingerprint density at radius 2 is 2.15 bits per heavy atom. The third-order valence-corrected chi connectivity index (χ3v) is 3.53. The summed E-state index contributed by atoms with van der Waals surface area (Å²) in [7, 11) is 0. The SMILES string of the molecule is Cc1nn(Cc2cc(F)cc(/C(N)=N/O)c2)c(C)c1Cl. The van der Waals surface area contributed by atoms with Gasteiger partial charge in [0.2, 0.25) is 0 Å². The highest BCUT2D eigenvalue weighted by atomic mass is 35.5. The van der Waals surface area contributed by atoms with Crippen LogP contribution >= 0.6 is 11.6 Å². The maximum Gasteiger partial charge on any atom is 0.170 e. The third-order valence-electron chi connectivity index (χ3n) is 2.99. The van der Waals surface area contributed by atoms with Crippen molar-refractivity contribution in [1.29, 1.82) is 0 Å². The molecule has 0 saturated carbocycles. The summed E-state index contributed by atoms with van der Waals surface area (Å²) in [5.74, 6) is -0.603. The zero-order valence-corrected chi connectivity index (χ0v) is 11.8. The summed E-state index contributed by atoms with van der Waals surface area (Å²) < 4.78 is 15.2. The van der Waals surface area contributed by atoms with E-state index in [9.17, 15) is 4.39 Å². The van der Waals surface area contributed by atoms with Crippen molar-refractivity contribution >= 4 is 17.4 Å². The molecule has 2 aromatic rings. The molecule has 0 aliphatic heterocycles. The molecule has 0 unspecified atom stereocenters. The van der Waals surface area contributed by atoms with Crippen LogP contribution in [0.5, 0.6) is 0 Å². The number of halogens is 2. The largest absolute Gasteiger partial charge is 0.409 e. The van der Waals surface area contributed by atoms with E-state index in [1.165, 1.54) is 12.1 Å². The number of amidine groups is 1. The molecule has 106 valence electrons. The van der Waals surface area contributed by atoms with Gasteiger partial charge in [0, 0.05) is 5.56 Å². The van der Waals surface area contributed by atoms with Crippen LogP contribution in [0, 0.1) is 19.7 Å². The molecule has 0 aliphatic carbocycles. The van der Waals surface area contributed by atoms with Gasteiger partial charge in [-0.3, -0.25) is 4.68 Å². The molecule has 3 N–H and O–H groups in total. The molecule has 0 aliphatic rings. The number of rotatable bonds is 3. The van der Waals surface area contributed by atoms with Gasteiger partial charge in [0.1, 0.15) is 5.82 Å². The summed E-state index contributed by atoms with van der Waals surface area (Å²) in [6, 6.07) is 4.22. The van der Waals surface area contributed by atoms with Crippen molar-refractivity contribution in [3.8, 4) is 0 Å². The van der Waals surface area contributed by atoms with Crippen LogP contribution in [0.1, 0.15) is 22.5 Å². The van der Waals surface area contributed by atoms with Gasteiger partial charge in [-0.15, -0.1) is 0 Å². The molecule has 0 saturated heterocycles. The first-order valence-corrected chi connectivity index (χ1v) is 6.27. The second kappa shape index (κ2) is 5.50. The van der Waals surface area contributed by atoms with E-state index >= 15 is 0 Å². The fourth-order valence-corrected chi connectivity index (χ4v) is 2.08. The van der Waals surface area contributed by atoms with E-state index in [0.717, 1.165) is 11.4 Å². The fraction of sp³-hybridized carbons (Fsp3) is 0.231. The minimum atomic E-state index is -0.461. The van der Waals surface area contributed by atoms with E-state index in [-0.39, 0.29) is 5.84 Å². The molecular formula is C13H14ClFN4O. The molecule has 7 heteroatoms. The van der Waals surface area contributed by atoms with Gasteiger partial charge in [-0.05, 0) is 37.6 Å². The van der Waals surface area contributed by atoms with E-state index in [4.69, 9.17) is 22.5 Å². The van der Waals surface area contributed by atoms with Gasteiger partial charge >= 0.3 is 0 Å². The Labute approximate surface area is 120 Å². The molecule has 5 nitrogen and oxygen atoms in total. The van der Waals surface area contributed by atoms with Crippen LogP contribution < -0.4 is 5.73 Å². The highest BCUT2D eigenvalue weighted by molar-refractivity contribution is 6.31. The van der Waals surface area contributed by atoms with E-state index in [2.05, 4.69) is 10.3 Å². The lowest BCUT2D eigenvalue weighted by atomic mass is 10.1. The molecule has 0 fully saturated rings. The maximum absolute atomic E-state index is 13.6. The van der Waals surface area contributed by atoms with Crippen molar-refractivity contribution in [2.24, 2.45) is 10.9 Å². The fourth-order valence-electron chi connectivity index (χ4n) is 1.95. The molecule has 20 heavy (non-hydrogen) atoms. The van der Waals surface area contributed by atoms with Crippen molar-refractivity contribution < 1.29 is 9.60 Å². The summed E-state index contributed by atoms with van der Waals surface area (Å²) in [4.78, 5) is 0. The number of hydrogen-bond donors (Lipinski definition) is 2. The number of oxime groups is 1. The molecule has 0 atom stereocenters. The first-order valence-electron chi connectivity index (χ1n) is 5.89. The predicted molar refractivity (Wildman–Crippen MR) is 74.7 cm³/mol. The zero-order chi connectivity index (χ0) is 14.9. The van der Waals surface area contributed by atoms with Crippen LogP contribution in [0.2, 0.25) is 5.02 Å². The van der Waals surface area contributed by atoms with Gasteiger partial charge in [0.05, 0.1) is 23.0 Å². The minimum Gasteiger partial charge on any atom is -0.409 e.